The SMILES string of the molecule is CC(C)(CNC(=O)c1ncccc1C(=O)O)NS(C)(=O)=O. The van der Waals surface area contributed by atoms with Crippen molar-refractivity contribution in [3.8, 4) is 0 Å². The molecule has 8 nitrogen and oxygen atoms in total. The first-order valence-electron chi connectivity index (χ1n) is 5.97. The van der Waals surface area contributed by atoms with Crippen LogP contribution >= 0.6 is 0 Å². The van der Waals surface area contributed by atoms with E-state index >= 15 is 0 Å². The minimum Gasteiger partial charge on any atom is -0.478 e. The van der Waals surface area contributed by atoms with E-state index in [4.69, 9.17) is 5.11 Å². The maximum Gasteiger partial charge on any atom is 0.338 e. The zero-order chi connectivity index (χ0) is 16.3. The quantitative estimate of drug-likeness (QED) is 0.669. The zero-order valence-corrected chi connectivity index (χ0v) is 12.7. The molecular formula is C12H17N3O5S. The molecular weight excluding hydrogens is 298 g/mol. The van der Waals surface area contributed by atoms with Crippen LogP contribution in [0.5, 0.6) is 0 Å². The van der Waals surface area contributed by atoms with E-state index < -0.39 is 27.4 Å². The van der Waals surface area contributed by atoms with Gasteiger partial charge in [-0.2, -0.15) is 0 Å². The molecule has 0 aliphatic carbocycles. The number of nitrogens with zero attached hydrogens (tertiary/aromatic N) is 1. The lowest BCUT2D eigenvalue weighted by molar-refractivity contribution is 0.0690. The summed E-state index contributed by atoms with van der Waals surface area (Å²) in [5.41, 5.74) is -1.36. The van der Waals surface area contributed by atoms with E-state index in [1.807, 2.05) is 0 Å². The number of rotatable bonds is 6. The number of carboxylic acids is 1. The number of hydrogen-bond donors (Lipinski definition) is 3. The topological polar surface area (TPSA) is 125 Å². The molecule has 0 radical (unpaired) electrons. The summed E-state index contributed by atoms with van der Waals surface area (Å²) in [5.74, 6) is -1.95. The van der Waals surface area contributed by atoms with E-state index in [0.29, 0.717) is 0 Å². The molecule has 1 rings (SSSR count). The van der Waals surface area contributed by atoms with Crippen LogP contribution in [0.25, 0.3) is 0 Å². The average molecular weight is 315 g/mol. The van der Waals surface area contributed by atoms with Crippen LogP contribution in [0.4, 0.5) is 0 Å². The van der Waals surface area contributed by atoms with Crippen molar-refractivity contribution in [1.29, 1.82) is 0 Å². The number of nitrogens with one attached hydrogen (secondary N) is 2. The van der Waals surface area contributed by atoms with Crippen LogP contribution in [0.1, 0.15) is 34.7 Å². The predicted molar refractivity (Wildman–Crippen MR) is 75.6 cm³/mol. The van der Waals surface area contributed by atoms with Crippen molar-refractivity contribution >= 4 is 21.9 Å². The van der Waals surface area contributed by atoms with E-state index in [-0.39, 0.29) is 17.8 Å². The molecule has 0 unspecified atom stereocenters. The summed E-state index contributed by atoms with van der Waals surface area (Å²) in [4.78, 5) is 26.7. The van der Waals surface area contributed by atoms with Crippen LogP contribution in [0.15, 0.2) is 18.3 Å². The zero-order valence-electron chi connectivity index (χ0n) is 11.9. The van der Waals surface area contributed by atoms with E-state index in [1.165, 1.54) is 18.3 Å². The van der Waals surface area contributed by atoms with Crippen molar-refractivity contribution in [2.45, 2.75) is 19.4 Å². The second-order valence-corrected chi connectivity index (χ2v) is 6.89. The third-order valence-corrected chi connectivity index (χ3v) is 3.33. The Hall–Kier alpha value is -2.00. The number of aromatic nitrogens is 1. The molecule has 0 spiro atoms. The molecule has 9 heteroatoms. The molecule has 0 aliphatic rings. The average Bonchev–Trinajstić information content (AvgIpc) is 2.33. The fourth-order valence-corrected chi connectivity index (χ4v) is 2.76. The number of aromatic carboxylic acids is 1. The number of hydrogen-bond acceptors (Lipinski definition) is 5. The Bertz CT molecular complexity index is 655. The second kappa shape index (κ2) is 6.19. The van der Waals surface area contributed by atoms with Gasteiger partial charge in [-0.05, 0) is 26.0 Å². The highest BCUT2D eigenvalue weighted by Gasteiger charge is 2.24. The van der Waals surface area contributed by atoms with Gasteiger partial charge in [0.05, 0.1) is 11.8 Å². The summed E-state index contributed by atoms with van der Waals surface area (Å²) in [6.07, 6.45) is 2.32. The van der Waals surface area contributed by atoms with E-state index in [2.05, 4.69) is 15.0 Å². The molecule has 0 atom stereocenters. The van der Waals surface area contributed by atoms with Gasteiger partial charge in [-0.25, -0.2) is 17.9 Å². The maximum atomic E-state index is 12.0. The van der Waals surface area contributed by atoms with Gasteiger partial charge in [-0.3, -0.25) is 9.78 Å². The molecule has 116 valence electrons. The first kappa shape index (κ1) is 17.1. The van der Waals surface area contributed by atoms with E-state index in [9.17, 15) is 18.0 Å². The number of sulfonamides is 1. The Morgan fingerprint density at radius 3 is 2.52 bits per heavy atom. The molecule has 0 fully saturated rings. The summed E-state index contributed by atoms with van der Waals surface area (Å²) in [6, 6.07) is 2.68. The van der Waals surface area contributed by atoms with Gasteiger partial charge in [0, 0.05) is 18.3 Å². The van der Waals surface area contributed by atoms with Crippen molar-refractivity contribution in [1.82, 2.24) is 15.0 Å². The molecule has 3 N–H and O–H groups in total. The van der Waals surface area contributed by atoms with Crippen LogP contribution in [0, 0.1) is 0 Å². The summed E-state index contributed by atoms with van der Waals surface area (Å²) >= 11 is 0. The van der Waals surface area contributed by atoms with Crippen molar-refractivity contribution in [3.05, 3.63) is 29.6 Å². The summed E-state index contributed by atoms with van der Waals surface area (Å²) in [7, 11) is -3.43. The Morgan fingerprint density at radius 2 is 2.00 bits per heavy atom. The third-order valence-electron chi connectivity index (χ3n) is 2.41. The number of carboxylic acid groups (broad SMARTS) is 1. The summed E-state index contributed by atoms with van der Waals surface area (Å²) < 4.78 is 24.7. The fraction of sp³-hybridized carbons (Fsp3) is 0.417. The lowest BCUT2D eigenvalue weighted by Crippen LogP contribution is -2.51. The van der Waals surface area contributed by atoms with E-state index in [0.717, 1.165) is 6.26 Å². The van der Waals surface area contributed by atoms with Gasteiger partial charge in [0.2, 0.25) is 10.0 Å². The third kappa shape index (κ3) is 5.48. The summed E-state index contributed by atoms with van der Waals surface area (Å²) in [5, 5.41) is 11.4. The maximum absolute atomic E-state index is 12.0. The minimum absolute atomic E-state index is 0.0193. The second-order valence-electron chi connectivity index (χ2n) is 5.15. The van der Waals surface area contributed by atoms with Gasteiger partial charge in [0.25, 0.3) is 5.91 Å². The van der Waals surface area contributed by atoms with Crippen molar-refractivity contribution in [2.75, 3.05) is 12.8 Å². The first-order chi connectivity index (χ1) is 9.52. The molecule has 0 aliphatic heterocycles. The van der Waals surface area contributed by atoms with Crippen LogP contribution in [-0.4, -0.2) is 48.7 Å². The number of carbonyl (C=O) groups is 2. The standard InChI is InChI=1S/C12H17N3O5S/c1-12(2,15-21(3,19)20)7-14-10(16)9-8(11(17)18)5-4-6-13-9/h4-6,15H,7H2,1-3H3,(H,14,16)(H,17,18). The van der Waals surface area contributed by atoms with Gasteiger partial charge in [-0.1, -0.05) is 0 Å². The van der Waals surface area contributed by atoms with Crippen molar-refractivity contribution in [3.63, 3.8) is 0 Å². The molecule has 0 saturated heterocycles. The van der Waals surface area contributed by atoms with Crippen LogP contribution < -0.4 is 10.0 Å². The molecule has 0 saturated carbocycles. The smallest absolute Gasteiger partial charge is 0.338 e. The largest absolute Gasteiger partial charge is 0.478 e. The molecule has 0 bridgehead atoms. The summed E-state index contributed by atoms with van der Waals surface area (Å²) in [6.45, 7) is 3.16. The number of pyridine rings is 1. The fourth-order valence-electron chi connectivity index (χ4n) is 1.68. The van der Waals surface area contributed by atoms with Crippen LogP contribution in [0.2, 0.25) is 0 Å². The van der Waals surface area contributed by atoms with Crippen LogP contribution in [0.3, 0.4) is 0 Å². The number of carbonyl (C=O) groups excluding carboxylic acids is 1. The lowest BCUT2D eigenvalue weighted by Gasteiger charge is -2.25. The minimum atomic E-state index is -3.43. The number of amides is 1. The molecule has 21 heavy (non-hydrogen) atoms. The Morgan fingerprint density at radius 1 is 1.38 bits per heavy atom. The van der Waals surface area contributed by atoms with Gasteiger partial charge in [0.1, 0.15) is 5.69 Å². The van der Waals surface area contributed by atoms with Crippen molar-refractivity contribution in [2.24, 2.45) is 0 Å². The van der Waals surface area contributed by atoms with Gasteiger partial charge in [-0.15, -0.1) is 0 Å². The Labute approximate surface area is 122 Å². The van der Waals surface area contributed by atoms with Gasteiger partial charge < -0.3 is 10.4 Å². The molecule has 1 aromatic rings. The highest BCUT2D eigenvalue weighted by atomic mass is 32.2. The molecule has 1 heterocycles. The molecule has 1 amide bonds. The van der Waals surface area contributed by atoms with Gasteiger partial charge in [0.15, 0.2) is 0 Å². The molecule has 0 aromatic carbocycles. The highest BCUT2D eigenvalue weighted by molar-refractivity contribution is 7.88. The Kier molecular flexibility index (Phi) is 5.02. The predicted octanol–water partition coefficient (Wildman–Crippen LogP) is -0.163. The van der Waals surface area contributed by atoms with Crippen molar-refractivity contribution < 1.29 is 23.1 Å². The lowest BCUT2D eigenvalue weighted by atomic mass is 10.1. The van der Waals surface area contributed by atoms with E-state index in [1.54, 1.807) is 13.8 Å². The van der Waals surface area contributed by atoms with Gasteiger partial charge >= 0.3 is 5.97 Å². The first-order valence-corrected chi connectivity index (χ1v) is 7.86. The monoisotopic (exact) mass is 315 g/mol. The highest BCUT2D eigenvalue weighted by Crippen LogP contribution is 2.07. The molecule has 1 aromatic heterocycles. The Balaban J connectivity index is 2.82. The van der Waals surface area contributed by atoms with Crippen LogP contribution in [-0.2, 0) is 10.0 Å². The normalized spacial score (nSPS) is 12.0.